The average Bonchev–Trinajstić information content (AvgIpc) is 1.42. The molecular formula is CuO11P3-6. The van der Waals surface area contributed by atoms with Crippen LogP contribution in [0.1, 0.15) is 0 Å². The fraction of sp³-hybridized carbons (Fsp3) is 0. The van der Waals surface area contributed by atoms with Crippen LogP contribution in [0.15, 0.2) is 0 Å². The molecule has 0 heterocycles. The molecule has 15 heavy (non-hydrogen) atoms. The van der Waals surface area contributed by atoms with E-state index in [0.717, 1.165) is 0 Å². The zero-order valence-corrected chi connectivity index (χ0v) is 9.76. The van der Waals surface area contributed by atoms with E-state index in [1.54, 1.807) is 0 Å². The van der Waals surface area contributed by atoms with E-state index in [1.165, 1.54) is 0 Å². The van der Waals surface area contributed by atoms with Crippen LogP contribution in [0.25, 0.3) is 0 Å². The fourth-order valence-electron chi connectivity index (χ4n) is 0.122. The van der Waals surface area contributed by atoms with Gasteiger partial charge in [0.25, 0.3) is 0 Å². The van der Waals surface area contributed by atoms with E-state index in [4.69, 9.17) is 19.2 Å². The molecule has 0 rings (SSSR count). The second-order valence-electron chi connectivity index (χ2n) is 1.42. The summed E-state index contributed by atoms with van der Waals surface area (Å²) in [4.78, 5) is 62.9. The molecule has 0 aliphatic carbocycles. The smallest absolute Gasteiger partial charge is 0.822 e. The minimum atomic E-state index is -5.68. The molecule has 15 heteroatoms. The first-order valence-electron chi connectivity index (χ1n) is 2.19. The Morgan fingerprint density at radius 1 is 0.667 bits per heavy atom. The maximum absolute atomic E-state index is 9.32. The van der Waals surface area contributed by atoms with E-state index in [0.29, 0.717) is 0 Å². The monoisotopic (exact) mass is 332 g/mol. The average molecular weight is 332 g/mol. The third kappa shape index (κ3) is 52.1. The van der Waals surface area contributed by atoms with Crippen LogP contribution in [0.4, 0.5) is 0 Å². The van der Waals surface area contributed by atoms with Gasteiger partial charge in [0.15, 0.2) is 0 Å². The minimum Gasteiger partial charge on any atom is -0.822 e. The van der Waals surface area contributed by atoms with Crippen molar-refractivity contribution in [3.63, 3.8) is 0 Å². The van der Waals surface area contributed by atoms with Crippen LogP contribution in [0, 0.1) is 0 Å². The van der Waals surface area contributed by atoms with Crippen LogP contribution in [0.5, 0.6) is 0 Å². The molecule has 0 fully saturated rings. The predicted octanol–water partition coefficient (Wildman–Crippen LogP) is -6.17. The quantitative estimate of drug-likeness (QED) is 0.341. The predicted molar refractivity (Wildman–Crippen MR) is 23.9 cm³/mol. The van der Waals surface area contributed by atoms with Crippen molar-refractivity contribution in [2.24, 2.45) is 0 Å². The Hall–Kier alpha value is 0.889. The van der Waals surface area contributed by atoms with E-state index in [9.17, 15) is 28.7 Å². The summed E-state index contributed by atoms with van der Waals surface area (Å²) in [5.41, 5.74) is 0. The van der Waals surface area contributed by atoms with Crippen LogP contribution in [-0.4, -0.2) is 0 Å². The second-order valence-corrected chi connectivity index (χ2v) is 4.76. The van der Waals surface area contributed by atoms with Crippen molar-refractivity contribution in [3.8, 4) is 0 Å². The van der Waals surface area contributed by atoms with Gasteiger partial charge in [-0.2, -0.15) is 7.82 Å². The van der Waals surface area contributed by atoms with E-state index < -0.39 is 23.5 Å². The fourth-order valence-corrected chi connectivity index (χ4v) is 1.10. The Bertz CT molecular complexity index is 259. The molecule has 0 atom stereocenters. The summed E-state index contributed by atoms with van der Waals surface area (Å²) in [6, 6.07) is 0. The van der Waals surface area contributed by atoms with Gasteiger partial charge < -0.3 is 52.3 Å². The van der Waals surface area contributed by atoms with Gasteiger partial charge in [0, 0.05) is 0 Å². The van der Waals surface area contributed by atoms with Gasteiger partial charge >= 0.3 is 17.1 Å². The Labute approximate surface area is 93.3 Å². The molecule has 0 unspecified atom stereocenters. The number of hydrogen-bond acceptors (Lipinski definition) is 11. The molecule has 0 aromatic carbocycles. The van der Waals surface area contributed by atoms with Crippen LogP contribution >= 0.6 is 23.5 Å². The van der Waals surface area contributed by atoms with Crippen molar-refractivity contribution in [3.05, 3.63) is 0 Å². The Morgan fingerprint density at radius 2 is 0.800 bits per heavy atom. The largest absolute Gasteiger partial charge is 1.00 e. The molecule has 11 nitrogen and oxygen atoms in total. The van der Waals surface area contributed by atoms with E-state index in [1.807, 2.05) is 0 Å². The van der Waals surface area contributed by atoms with Gasteiger partial charge in [0.05, 0.1) is 15.6 Å². The summed E-state index contributed by atoms with van der Waals surface area (Å²) >= 11 is 0. The molecule has 98 valence electrons. The zero-order valence-electron chi connectivity index (χ0n) is 6.13. The molecule has 0 radical (unpaired) electrons. The molecule has 0 bridgehead atoms. The van der Waals surface area contributed by atoms with Crippen LogP contribution in [-0.2, 0) is 35.1 Å². The first-order valence-corrected chi connectivity index (χ1v) is 6.57. The summed E-state index contributed by atoms with van der Waals surface area (Å²) in [6.45, 7) is 0. The summed E-state index contributed by atoms with van der Waals surface area (Å²) in [5.74, 6) is 0. The van der Waals surface area contributed by atoms with Crippen molar-refractivity contribution in [2.75, 3.05) is 0 Å². The molecule has 0 spiro atoms. The second kappa shape index (κ2) is 7.26. The summed E-state index contributed by atoms with van der Waals surface area (Å²) in [5, 5.41) is 0. The first-order chi connectivity index (χ1) is 5.71. The Kier molecular flexibility index (Phi) is 10.3. The van der Waals surface area contributed by atoms with E-state index >= 15 is 0 Å². The summed E-state index contributed by atoms with van der Waals surface area (Å²) in [7, 11) is -16.7. The van der Waals surface area contributed by atoms with Crippen molar-refractivity contribution in [1.29, 1.82) is 0 Å². The molecule has 0 aliphatic heterocycles. The Morgan fingerprint density at radius 3 is 0.800 bits per heavy atom. The SMILES string of the molecule is O=P([O-])([O-])OP(=O)([O-])[O-].O=P([O-])([O-])[O-].[Cu+]. The molecule has 0 N–H and O–H groups in total. The van der Waals surface area contributed by atoms with Gasteiger partial charge in [-0.1, -0.05) is 0 Å². The third-order valence-corrected chi connectivity index (χ3v) is 1.80. The van der Waals surface area contributed by atoms with Crippen molar-refractivity contribution >= 4 is 23.5 Å². The maximum Gasteiger partial charge on any atom is 1.00 e. The van der Waals surface area contributed by atoms with Gasteiger partial charge in [-0.05, 0) is 0 Å². The van der Waals surface area contributed by atoms with Crippen molar-refractivity contribution in [1.82, 2.24) is 0 Å². The van der Waals surface area contributed by atoms with Gasteiger partial charge in [0.2, 0.25) is 0 Å². The maximum atomic E-state index is 9.32. The van der Waals surface area contributed by atoms with Gasteiger partial charge in [0.1, 0.15) is 0 Å². The van der Waals surface area contributed by atoms with Crippen molar-refractivity contribution in [2.45, 2.75) is 0 Å². The molecule has 0 aliphatic rings. The number of hydrogen-bond donors (Lipinski definition) is 0. The Balaban J connectivity index is -0.000000208. The topological polar surface area (TPSA) is 222 Å². The van der Waals surface area contributed by atoms with Crippen LogP contribution < -0.4 is 34.3 Å². The van der Waals surface area contributed by atoms with Crippen molar-refractivity contribution < 1.29 is 69.3 Å². The summed E-state index contributed by atoms with van der Waals surface area (Å²) < 4.78 is 29.7. The normalized spacial score (nSPS) is 12.2. The summed E-state index contributed by atoms with van der Waals surface area (Å²) in [6.07, 6.45) is 0. The van der Waals surface area contributed by atoms with Gasteiger partial charge in [-0.25, -0.2) is 0 Å². The molecule has 0 amide bonds. The van der Waals surface area contributed by atoms with Crippen LogP contribution in [0.2, 0.25) is 0 Å². The molecule has 0 saturated heterocycles. The first kappa shape index (κ1) is 21.2. The molecule has 0 saturated carbocycles. The zero-order chi connectivity index (χ0) is 12.2. The van der Waals surface area contributed by atoms with Crippen LogP contribution in [0.3, 0.4) is 0 Å². The van der Waals surface area contributed by atoms with E-state index in [2.05, 4.69) is 4.31 Å². The van der Waals surface area contributed by atoms with Gasteiger partial charge in [-0.15, -0.1) is 0 Å². The number of rotatable bonds is 2. The van der Waals surface area contributed by atoms with E-state index in [-0.39, 0.29) is 17.1 Å². The standard InChI is InChI=1S/Cu.H4O7P2.H3O4P/c;1-8(2,3)7-9(4,5)6;1-5(2,3)4/h;(H2,1,2,3)(H2,4,5,6);(H3,1,2,3,4)/q+1;;/p-7. The molecule has 0 aromatic rings. The molecule has 0 aromatic heterocycles. The van der Waals surface area contributed by atoms with Gasteiger partial charge in [-0.3, -0.25) is 0 Å². The number of phosphoric acid groups is 3. The molecular weight excluding hydrogens is 332 g/mol. The minimum absolute atomic E-state index is 0. The third-order valence-electron chi connectivity index (χ3n) is 0.200.